The number of aromatic nitrogens is 1. The average molecular weight is 303 g/mol. The van der Waals surface area contributed by atoms with Crippen LogP contribution in [0.25, 0.3) is 0 Å². The molecule has 0 unspecified atom stereocenters. The van der Waals surface area contributed by atoms with Crippen LogP contribution in [0.4, 0.5) is 5.69 Å². The van der Waals surface area contributed by atoms with Crippen molar-refractivity contribution in [1.29, 1.82) is 0 Å². The minimum Gasteiger partial charge on any atom is -0.391 e. The van der Waals surface area contributed by atoms with Gasteiger partial charge in [-0.2, -0.15) is 0 Å². The number of pyridine rings is 1. The molecule has 122 valence electrons. The highest BCUT2D eigenvalue weighted by molar-refractivity contribution is 5.42. The molecule has 2 atom stereocenters. The van der Waals surface area contributed by atoms with Crippen LogP contribution in [-0.4, -0.2) is 54.3 Å². The lowest BCUT2D eigenvalue weighted by molar-refractivity contribution is 0.00853. The maximum atomic E-state index is 10.2. The predicted octanol–water partition coefficient (Wildman–Crippen LogP) is 2.63. The van der Waals surface area contributed by atoms with Crippen molar-refractivity contribution >= 4 is 5.69 Å². The van der Waals surface area contributed by atoms with Gasteiger partial charge in [-0.15, -0.1) is 0 Å². The highest BCUT2D eigenvalue weighted by Gasteiger charge is 2.31. The first-order valence-corrected chi connectivity index (χ1v) is 8.70. The third kappa shape index (κ3) is 3.44. The molecule has 1 saturated heterocycles. The summed E-state index contributed by atoms with van der Waals surface area (Å²) in [6.07, 6.45) is 8.81. The molecule has 1 aliphatic heterocycles. The predicted molar refractivity (Wildman–Crippen MR) is 90.4 cm³/mol. The number of rotatable bonds is 3. The van der Waals surface area contributed by atoms with Crippen molar-refractivity contribution in [3.8, 4) is 0 Å². The van der Waals surface area contributed by atoms with E-state index in [-0.39, 0.29) is 6.10 Å². The zero-order valence-corrected chi connectivity index (χ0v) is 13.9. The number of hydrogen-bond donors (Lipinski definition) is 1. The molecule has 1 aromatic heterocycles. The van der Waals surface area contributed by atoms with Crippen LogP contribution < -0.4 is 4.90 Å². The molecule has 1 aliphatic carbocycles. The van der Waals surface area contributed by atoms with Gasteiger partial charge in [-0.3, -0.25) is 9.88 Å². The largest absolute Gasteiger partial charge is 0.391 e. The fourth-order valence-corrected chi connectivity index (χ4v) is 3.95. The molecule has 4 heteroatoms. The Kier molecular flexibility index (Phi) is 4.99. The van der Waals surface area contributed by atoms with E-state index >= 15 is 0 Å². The molecule has 2 fully saturated rings. The van der Waals surface area contributed by atoms with Crippen LogP contribution in [0.3, 0.4) is 0 Å². The van der Waals surface area contributed by atoms with Gasteiger partial charge in [0.25, 0.3) is 0 Å². The Morgan fingerprint density at radius 2 is 1.82 bits per heavy atom. The molecule has 3 rings (SSSR count). The molecule has 0 bridgehead atoms. The van der Waals surface area contributed by atoms with E-state index in [1.807, 2.05) is 20.3 Å². The lowest BCUT2D eigenvalue weighted by Gasteiger charge is -2.41. The number of hydrogen-bond acceptors (Lipinski definition) is 4. The monoisotopic (exact) mass is 303 g/mol. The molecule has 1 N–H and O–H groups in total. The smallest absolute Gasteiger partial charge is 0.0695 e. The SMILES string of the molecule is CN(C)c1ccc(C2CCN([C@@H]3CCCC[C@@H]3O)CC2)nc1. The first-order chi connectivity index (χ1) is 10.6. The minimum absolute atomic E-state index is 0.109. The molecule has 22 heavy (non-hydrogen) atoms. The van der Waals surface area contributed by atoms with Crippen molar-refractivity contribution in [1.82, 2.24) is 9.88 Å². The maximum Gasteiger partial charge on any atom is 0.0695 e. The second-order valence-corrected chi connectivity index (χ2v) is 7.07. The van der Waals surface area contributed by atoms with Crippen LogP contribution in [-0.2, 0) is 0 Å². The van der Waals surface area contributed by atoms with Crippen LogP contribution in [0.1, 0.15) is 50.1 Å². The fraction of sp³-hybridized carbons (Fsp3) is 0.722. The second kappa shape index (κ2) is 6.97. The summed E-state index contributed by atoms with van der Waals surface area (Å²) in [6.45, 7) is 2.20. The molecular formula is C18H29N3O. The van der Waals surface area contributed by atoms with Gasteiger partial charge in [0.2, 0.25) is 0 Å². The van der Waals surface area contributed by atoms with Gasteiger partial charge < -0.3 is 10.0 Å². The van der Waals surface area contributed by atoms with Crippen LogP contribution in [0, 0.1) is 0 Å². The minimum atomic E-state index is -0.109. The van der Waals surface area contributed by atoms with E-state index in [0.29, 0.717) is 12.0 Å². The summed E-state index contributed by atoms with van der Waals surface area (Å²) in [5, 5.41) is 10.2. The topological polar surface area (TPSA) is 39.6 Å². The number of nitrogens with zero attached hydrogens (tertiary/aromatic N) is 3. The van der Waals surface area contributed by atoms with Gasteiger partial charge in [-0.05, 0) is 50.9 Å². The number of aliphatic hydroxyl groups excluding tert-OH is 1. The third-order valence-electron chi connectivity index (χ3n) is 5.40. The summed E-state index contributed by atoms with van der Waals surface area (Å²) in [4.78, 5) is 9.28. The van der Waals surface area contributed by atoms with Gasteiger partial charge in [0.05, 0.1) is 18.0 Å². The Labute approximate surface area is 134 Å². The molecule has 2 aliphatic rings. The Hall–Kier alpha value is -1.13. The fourth-order valence-electron chi connectivity index (χ4n) is 3.95. The van der Waals surface area contributed by atoms with Crippen molar-refractivity contribution in [2.75, 3.05) is 32.1 Å². The van der Waals surface area contributed by atoms with E-state index < -0.39 is 0 Å². The summed E-state index contributed by atoms with van der Waals surface area (Å²) in [7, 11) is 4.09. The van der Waals surface area contributed by atoms with Gasteiger partial charge in [0.1, 0.15) is 0 Å². The lowest BCUT2D eigenvalue weighted by Crippen LogP contribution is -2.48. The summed E-state index contributed by atoms with van der Waals surface area (Å²) < 4.78 is 0. The van der Waals surface area contributed by atoms with Crippen LogP contribution >= 0.6 is 0 Å². The molecule has 0 radical (unpaired) electrons. The van der Waals surface area contributed by atoms with E-state index in [1.165, 1.54) is 25.0 Å². The van der Waals surface area contributed by atoms with Gasteiger partial charge in [0, 0.05) is 31.7 Å². The van der Waals surface area contributed by atoms with Crippen LogP contribution in [0.5, 0.6) is 0 Å². The number of likely N-dealkylation sites (tertiary alicyclic amines) is 1. The van der Waals surface area contributed by atoms with Gasteiger partial charge >= 0.3 is 0 Å². The van der Waals surface area contributed by atoms with Crippen molar-refractivity contribution in [2.24, 2.45) is 0 Å². The van der Waals surface area contributed by atoms with Crippen molar-refractivity contribution in [3.05, 3.63) is 24.0 Å². The maximum absolute atomic E-state index is 10.2. The molecule has 1 aromatic rings. The Morgan fingerprint density at radius 1 is 1.09 bits per heavy atom. The first kappa shape index (κ1) is 15.8. The van der Waals surface area contributed by atoms with E-state index in [2.05, 4.69) is 26.9 Å². The molecule has 1 saturated carbocycles. The summed E-state index contributed by atoms with van der Waals surface area (Å²) in [5.41, 5.74) is 2.39. The molecule has 4 nitrogen and oxygen atoms in total. The normalized spacial score (nSPS) is 27.8. The molecule has 0 aromatic carbocycles. The zero-order valence-electron chi connectivity index (χ0n) is 13.9. The van der Waals surface area contributed by atoms with Crippen molar-refractivity contribution < 1.29 is 5.11 Å². The van der Waals surface area contributed by atoms with Crippen molar-refractivity contribution in [2.45, 2.75) is 56.6 Å². The van der Waals surface area contributed by atoms with Crippen LogP contribution in [0.2, 0.25) is 0 Å². The number of piperidine rings is 1. The summed E-state index contributed by atoms with van der Waals surface area (Å²) >= 11 is 0. The summed E-state index contributed by atoms with van der Waals surface area (Å²) in [5.74, 6) is 0.577. The quantitative estimate of drug-likeness (QED) is 0.932. The molecule has 0 amide bonds. The van der Waals surface area contributed by atoms with Gasteiger partial charge in [0.15, 0.2) is 0 Å². The Morgan fingerprint density at radius 3 is 2.41 bits per heavy atom. The number of anilines is 1. The van der Waals surface area contributed by atoms with E-state index in [1.54, 1.807) is 0 Å². The first-order valence-electron chi connectivity index (χ1n) is 8.70. The van der Waals surface area contributed by atoms with Gasteiger partial charge in [-0.25, -0.2) is 0 Å². The number of aliphatic hydroxyl groups is 1. The Balaban J connectivity index is 1.57. The zero-order chi connectivity index (χ0) is 15.5. The standard InChI is InChI=1S/C18H29N3O/c1-20(2)15-7-8-16(19-13-15)14-9-11-21(12-10-14)17-5-3-4-6-18(17)22/h7-8,13-14,17-18,22H,3-6,9-12H2,1-2H3/t17-,18+/m1/s1. The highest BCUT2D eigenvalue weighted by atomic mass is 16.3. The second-order valence-electron chi connectivity index (χ2n) is 7.07. The third-order valence-corrected chi connectivity index (χ3v) is 5.40. The molecular weight excluding hydrogens is 274 g/mol. The van der Waals surface area contributed by atoms with E-state index in [4.69, 9.17) is 0 Å². The highest BCUT2D eigenvalue weighted by Crippen LogP contribution is 2.31. The lowest BCUT2D eigenvalue weighted by atomic mass is 9.87. The Bertz CT molecular complexity index is 466. The van der Waals surface area contributed by atoms with Gasteiger partial charge in [-0.1, -0.05) is 12.8 Å². The van der Waals surface area contributed by atoms with E-state index in [0.717, 1.165) is 38.0 Å². The molecule has 2 heterocycles. The van der Waals surface area contributed by atoms with Crippen molar-refractivity contribution in [3.63, 3.8) is 0 Å². The van der Waals surface area contributed by atoms with Crippen LogP contribution in [0.15, 0.2) is 18.3 Å². The molecule has 0 spiro atoms. The summed E-state index contributed by atoms with van der Waals surface area (Å²) in [6, 6.07) is 4.75. The van der Waals surface area contributed by atoms with E-state index in [9.17, 15) is 5.11 Å². The average Bonchev–Trinajstić information content (AvgIpc) is 2.56.